The smallest absolute Gasteiger partial charge is 0.232 e. The van der Waals surface area contributed by atoms with Crippen LogP contribution in [0.4, 0.5) is 8.78 Å². The molecule has 1 saturated heterocycles. The largest absolute Gasteiger partial charge is 0.496 e. The summed E-state index contributed by atoms with van der Waals surface area (Å²) in [5.74, 6) is -0.401. The quantitative estimate of drug-likeness (QED) is 0.672. The number of carbonyl (C=O) groups is 1. The van der Waals surface area contributed by atoms with E-state index >= 15 is 0 Å². The minimum atomic E-state index is -0.670. The molecule has 1 atom stereocenters. The van der Waals surface area contributed by atoms with Crippen molar-refractivity contribution in [1.82, 2.24) is 15.0 Å². The minimum absolute atomic E-state index is 0.123. The fraction of sp³-hybridized carbons (Fsp3) is 0.250. The maximum atomic E-state index is 13.4. The van der Waals surface area contributed by atoms with Gasteiger partial charge in [-0.2, -0.15) is 4.98 Å². The van der Waals surface area contributed by atoms with Gasteiger partial charge in [0.2, 0.25) is 17.6 Å². The number of methoxy groups -OCH3 is 1. The number of halogens is 2. The topological polar surface area (TPSA) is 68.5 Å². The van der Waals surface area contributed by atoms with E-state index in [0.717, 1.165) is 6.07 Å². The zero-order valence-electron chi connectivity index (χ0n) is 15.1. The van der Waals surface area contributed by atoms with Crippen molar-refractivity contribution in [3.05, 3.63) is 65.6 Å². The summed E-state index contributed by atoms with van der Waals surface area (Å²) < 4.78 is 37.4. The van der Waals surface area contributed by atoms with Crippen molar-refractivity contribution in [3.8, 4) is 17.1 Å². The molecule has 144 valence electrons. The summed E-state index contributed by atoms with van der Waals surface area (Å²) in [4.78, 5) is 18.3. The second-order valence-corrected chi connectivity index (χ2v) is 6.61. The third-order valence-electron chi connectivity index (χ3n) is 4.65. The van der Waals surface area contributed by atoms with Crippen LogP contribution in [0.3, 0.4) is 0 Å². The van der Waals surface area contributed by atoms with Gasteiger partial charge in [0, 0.05) is 25.6 Å². The Balaban J connectivity index is 1.51. The predicted octanol–water partition coefficient (Wildman–Crippen LogP) is 3.54. The van der Waals surface area contributed by atoms with Crippen LogP contribution in [-0.2, 0) is 11.3 Å². The Morgan fingerprint density at radius 2 is 1.96 bits per heavy atom. The Hall–Kier alpha value is -3.29. The highest BCUT2D eigenvalue weighted by atomic mass is 19.1. The van der Waals surface area contributed by atoms with Crippen LogP contribution in [0.25, 0.3) is 11.4 Å². The third kappa shape index (κ3) is 3.58. The summed E-state index contributed by atoms with van der Waals surface area (Å²) in [6, 6.07) is 10.5. The van der Waals surface area contributed by atoms with Gasteiger partial charge >= 0.3 is 0 Å². The van der Waals surface area contributed by atoms with E-state index in [1.165, 1.54) is 17.0 Å². The number of nitrogens with zero attached hydrogens (tertiary/aromatic N) is 3. The van der Waals surface area contributed by atoms with Gasteiger partial charge in [0.1, 0.15) is 17.4 Å². The van der Waals surface area contributed by atoms with Crippen LogP contribution in [-0.4, -0.2) is 34.6 Å². The van der Waals surface area contributed by atoms with Crippen molar-refractivity contribution in [2.75, 3.05) is 13.7 Å². The number of hydrogen-bond donors (Lipinski definition) is 0. The maximum Gasteiger partial charge on any atom is 0.232 e. The van der Waals surface area contributed by atoms with E-state index in [1.54, 1.807) is 13.2 Å². The van der Waals surface area contributed by atoms with Crippen molar-refractivity contribution in [3.63, 3.8) is 0 Å². The lowest BCUT2D eigenvalue weighted by Gasteiger charge is -2.16. The maximum absolute atomic E-state index is 13.4. The van der Waals surface area contributed by atoms with E-state index in [4.69, 9.17) is 9.26 Å². The molecular formula is C20H17F2N3O3. The number of carbonyl (C=O) groups excluding carboxylic acids is 1. The van der Waals surface area contributed by atoms with E-state index in [1.807, 2.05) is 18.2 Å². The lowest BCUT2D eigenvalue weighted by Crippen LogP contribution is -2.24. The van der Waals surface area contributed by atoms with Gasteiger partial charge in [0.05, 0.1) is 18.6 Å². The molecule has 0 bridgehead atoms. The molecule has 1 aromatic heterocycles. The Morgan fingerprint density at radius 3 is 2.71 bits per heavy atom. The molecule has 3 aromatic rings. The first-order chi connectivity index (χ1) is 13.5. The minimum Gasteiger partial charge on any atom is -0.496 e. The van der Waals surface area contributed by atoms with Crippen molar-refractivity contribution < 1.29 is 22.8 Å². The van der Waals surface area contributed by atoms with Crippen LogP contribution >= 0.6 is 0 Å². The zero-order chi connectivity index (χ0) is 19.7. The molecule has 4 rings (SSSR count). The van der Waals surface area contributed by atoms with Gasteiger partial charge in [-0.3, -0.25) is 4.79 Å². The summed E-state index contributed by atoms with van der Waals surface area (Å²) in [5.41, 5.74) is 1.09. The monoisotopic (exact) mass is 385 g/mol. The molecule has 1 aliphatic rings. The molecule has 1 amide bonds. The number of rotatable bonds is 5. The van der Waals surface area contributed by atoms with Gasteiger partial charge in [-0.05, 0) is 29.8 Å². The summed E-state index contributed by atoms with van der Waals surface area (Å²) in [5, 5.41) is 4.00. The lowest BCUT2D eigenvalue weighted by molar-refractivity contribution is -0.128. The van der Waals surface area contributed by atoms with E-state index in [-0.39, 0.29) is 24.8 Å². The lowest BCUT2D eigenvalue weighted by atomic mass is 10.1. The van der Waals surface area contributed by atoms with Gasteiger partial charge in [-0.15, -0.1) is 0 Å². The normalized spacial score (nSPS) is 16.6. The Labute approximate surface area is 159 Å². The second-order valence-electron chi connectivity index (χ2n) is 6.61. The van der Waals surface area contributed by atoms with Crippen molar-refractivity contribution in [2.45, 2.75) is 18.9 Å². The third-order valence-corrected chi connectivity index (χ3v) is 4.65. The molecule has 0 saturated carbocycles. The first-order valence-electron chi connectivity index (χ1n) is 8.73. The first-order valence-corrected chi connectivity index (χ1v) is 8.73. The molecule has 28 heavy (non-hydrogen) atoms. The molecule has 0 aliphatic carbocycles. The SMILES string of the molecule is COc1ccccc1-c1noc(C2CC(=O)N(Cc3cc(F)cc(F)c3)C2)n1. The van der Waals surface area contributed by atoms with Crippen LogP contribution < -0.4 is 4.74 Å². The average molecular weight is 385 g/mol. The van der Waals surface area contributed by atoms with Crippen LogP contribution in [0.5, 0.6) is 5.75 Å². The summed E-state index contributed by atoms with van der Waals surface area (Å²) in [6.45, 7) is 0.460. The molecule has 1 unspecified atom stereocenters. The molecule has 1 aliphatic heterocycles. The van der Waals surface area contributed by atoms with Gasteiger partial charge in [0.15, 0.2) is 0 Å². The number of amides is 1. The number of benzene rings is 2. The van der Waals surface area contributed by atoms with Crippen LogP contribution in [0.1, 0.15) is 23.8 Å². The molecule has 1 fully saturated rings. The predicted molar refractivity (Wildman–Crippen MR) is 95.4 cm³/mol. The van der Waals surface area contributed by atoms with Gasteiger partial charge in [-0.25, -0.2) is 8.78 Å². The van der Waals surface area contributed by atoms with Crippen LogP contribution in [0.2, 0.25) is 0 Å². The standard InChI is InChI=1S/C20H17F2N3O3/c1-27-17-5-3-2-4-16(17)19-23-20(28-24-19)13-8-18(26)25(11-13)10-12-6-14(21)9-15(22)7-12/h2-7,9,13H,8,10-11H2,1H3. The molecule has 2 heterocycles. The number of ether oxygens (including phenoxy) is 1. The molecule has 0 spiro atoms. The summed E-state index contributed by atoms with van der Waals surface area (Å²) in [6.07, 6.45) is 0.200. The van der Waals surface area contributed by atoms with Crippen LogP contribution in [0.15, 0.2) is 47.0 Å². The van der Waals surface area contributed by atoms with Crippen molar-refractivity contribution in [1.29, 1.82) is 0 Å². The highest BCUT2D eigenvalue weighted by Crippen LogP contribution is 2.32. The molecule has 0 radical (unpaired) electrons. The highest BCUT2D eigenvalue weighted by Gasteiger charge is 2.34. The van der Waals surface area contributed by atoms with Crippen molar-refractivity contribution >= 4 is 5.91 Å². The fourth-order valence-corrected chi connectivity index (χ4v) is 3.35. The van der Waals surface area contributed by atoms with E-state index < -0.39 is 11.6 Å². The highest BCUT2D eigenvalue weighted by molar-refractivity contribution is 5.79. The van der Waals surface area contributed by atoms with E-state index in [9.17, 15) is 13.6 Å². The molecule has 2 aromatic carbocycles. The second kappa shape index (κ2) is 7.38. The number of likely N-dealkylation sites (tertiary alicyclic amines) is 1. The van der Waals surface area contributed by atoms with E-state index in [2.05, 4.69) is 10.1 Å². The summed E-state index contributed by atoms with van der Waals surface area (Å²) >= 11 is 0. The molecular weight excluding hydrogens is 368 g/mol. The van der Waals surface area contributed by atoms with Gasteiger partial charge in [0.25, 0.3) is 0 Å². The fourth-order valence-electron chi connectivity index (χ4n) is 3.35. The first kappa shape index (κ1) is 18.1. The Kier molecular flexibility index (Phi) is 4.77. The molecule has 6 nitrogen and oxygen atoms in total. The summed E-state index contributed by atoms with van der Waals surface area (Å²) in [7, 11) is 1.56. The van der Waals surface area contributed by atoms with Crippen LogP contribution in [0, 0.1) is 11.6 Å². The number of para-hydroxylation sites is 1. The number of aromatic nitrogens is 2. The Morgan fingerprint density at radius 1 is 1.21 bits per heavy atom. The van der Waals surface area contributed by atoms with Gasteiger partial charge in [-0.1, -0.05) is 17.3 Å². The van der Waals surface area contributed by atoms with E-state index in [0.29, 0.717) is 35.1 Å². The average Bonchev–Trinajstić information content (AvgIpc) is 3.28. The molecule has 0 N–H and O–H groups in total. The zero-order valence-corrected chi connectivity index (χ0v) is 15.1. The Bertz CT molecular complexity index is 1000. The molecule has 8 heteroatoms. The van der Waals surface area contributed by atoms with Gasteiger partial charge < -0.3 is 14.2 Å². The van der Waals surface area contributed by atoms with Crippen molar-refractivity contribution in [2.24, 2.45) is 0 Å². The number of hydrogen-bond acceptors (Lipinski definition) is 5.